The molecule has 0 atom stereocenters. The number of alkyl halides is 3. The molecule has 1 N–H and O–H groups in total. The Labute approximate surface area is 133 Å². The predicted octanol–water partition coefficient (Wildman–Crippen LogP) is 4.91. The molecule has 0 saturated heterocycles. The van der Waals surface area contributed by atoms with Gasteiger partial charge in [0.15, 0.2) is 0 Å². The maximum absolute atomic E-state index is 12.7. The maximum atomic E-state index is 12.7. The first-order valence-electron chi connectivity index (χ1n) is 6.82. The van der Waals surface area contributed by atoms with E-state index in [9.17, 15) is 23.3 Å². The van der Waals surface area contributed by atoms with Gasteiger partial charge in [-0.25, -0.2) is 0 Å². The summed E-state index contributed by atoms with van der Waals surface area (Å²) in [6.07, 6.45) is -3.08. The van der Waals surface area contributed by atoms with Crippen LogP contribution in [0.5, 0.6) is 0 Å². The number of aromatic nitrogens is 1. The fraction of sp³-hybridized carbons (Fsp3) is 0.0625. The van der Waals surface area contributed by atoms with Gasteiger partial charge in [-0.3, -0.25) is 15.1 Å². The second-order valence-corrected chi connectivity index (χ2v) is 4.99. The van der Waals surface area contributed by atoms with Crippen LogP contribution in [0.3, 0.4) is 0 Å². The molecule has 0 spiro atoms. The van der Waals surface area contributed by atoms with E-state index < -0.39 is 22.4 Å². The Balaban J connectivity index is 2.08. The molecule has 3 aromatic rings. The minimum absolute atomic E-state index is 0.0360. The lowest BCUT2D eigenvalue weighted by Crippen LogP contribution is -2.07. The highest BCUT2D eigenvalue weighted by Gasteiger charge is 2.33. The van der Waals surface area contributed by atoms with Crippen LogP contribution < -0.4 is 5.32 Å². The highest BCUT2D eigenvalue weighted by molar-refractivity contribution is 5.92. The van der Waals surface area contributed by atoms with Crippen molar-refractivity contribution in [2.75, 3.05) is 5.32 Å². The van der Waals surface area contributed by atoms with Crippen molar-refractivity contribution >= 4 is 28.0 Å². The number of para-hydroxylation sites is 1. The molecule has 1 heterocycles. The molecule has 0 radical (unpaired) electrons. The molecule has 122 valence electrons. The molecule has 1 aromatic heterocycles. The third kappa shape index (κ3) is 2.98. The summed E-state index contributed by atoms with van der Waals surface area (Å²) in [6, 6.07) is 11.1. The fourth-order valence-corrected chi connectivity index (χ4v) is 2.31. The molecule has 3 rings (SSSR count). The van der Waals surface area contributed by atoms with Crippen molar-refractivity contribution in [2.45, 2.75) is 6.18 Å². The topological polar surface area (TPSA) is 68.1 Å². The first kappa shape index (κ1) is 15.7. The van der Waals surface area contributed by atoms with Crippen LogP contribution in [0.15, 0.2) is 54.7 Å². The zero-order chi connectivity index (χ0) is 17.3. The van der Waals surface area contributed by atoms with E-state index >= 15 is 0 Å². The van der Waals surface area contributed by atoms with E-state index in [1.54, 1.807) is 24.4 Å². The van der Waals surface area contributed by atoms with Gasteiger partial charge in [0.05, 0.1) is 21.7 Å². The lowest BCUT2D eigenvalue weighted by Gasteiger charge is -2.11. The van der Waals surface area contributed by atoms with E-state index in [1.807, 2.05) is 12.1 Å². The molecule has 0 bridgehead atoms. The Hall–Kier alpha value is -3.16. The van der Waals surface area contributed by atoms with Gasteiger partial charge >= 0.3 is 6.18 Å². The van der Waals surface area contributed by atoms with Crippen LogP contribution in [0.1, 0.15) is 5.56 Å². The molecule has 0 aliphatic carbocycles. The monoisotopic (exact) mass is 333 g/mol. The van der Waals surface area contributed by atoms with E-state index in [0.717, 1.165) is 17.5 Å². The summed E-state index contributed by atoms with van der Waals surface area (Å²) < 4.78 is 38.2. The number of fused-ring (bicyclic) bond motifs is 1. The van der Waals surface area contributed by atoms with Gasteiger partial charge in [0.2, 0.25) is 0 Å². The van der Waals surface area contributed by atoms with Crippen molar-refractivity contribution in [1.82, 2.24) is 4.98 Å². The van der Waals surface area contributed by atoms with Crippen molar-refractivity contribution in [3.8, 4) is 0 Å². The number of benzene rings is 2. The van der Waals surface area contributed by atoms with Crippen LogP contribution >= 0.6 is 0 Å². The van der Waals surface area contributed by atoms with Crippen LogP contribution in [0.25, 0.3) is 10.9 Å². The molecule has 2 aromatic carbocycles. The number of nitro benzene ring substituents is 1. The third-order valence-corrected chi connectivity index (χ3v) is 3.42. The Morgan fingerprint density at radius 3 is 2.50 bits per heavy atom. The first-order chi connectivity index (χ1) is 11.4. The number of anilines is 2. The summed E-state index contributed by atoms with van der Waals surface area (Å²) in [6.45, 7) is 0. The fourth-order valence-electron chi connectivity index (χ4n) is 2.31. The molecule has 0 unspecified atom stereocenters. The largest absolute Gasteiger partial charge is 0.416 e. The first-order valence-corrected chi connectivity index (χ1v) is 6.82. The number of nitrogens with one attached hydrogen (secondary N) is 1. The number of pyridine rings is 1. The average Bonchev–Trinajstić information content (AvgIpc) is 2.54. The molecule has 24 heavy (non-hydrogen) atoms. The normalized spacial score (nSPS) is 11.5. The van der Waals surface area contributed by atoms with Crippen LogP contribution in [-0.4, -0.2) is 9.91 Å². The van der Waals surface area contributed by atoms with Gasteiger partial charge in [-0.1, -0.05) is 18.2 Å². The molecule has 0 amide bonds. The molecule has 0 saturated carbocycles. The van der Waals surface area contributed by atoms with Gasteiger partial charge < -0.3 is 5.32 Å². The molecule has 5 nitrogen and oxygen atoms in total. The standard InChI is InChI=1S/C16H10F3N3O2/c17-16(18,19)11-6-7-12(14(9-11)22(23)24)21-13-5-1-3-10-4-2-8-20-15(10)13/h1-9,21H. The predicted molar refractivity (Wildman–Crippen MR) is 83.1 cm³/mol. The Kier molecular flexibility index (Phi) is 3.80. The van der Waals surface area contributed by atoms with Crippen LogP contribution in [0.4, 0.5) is 30.2 Å². The van der Waals surface area contributed by atoms with Crippen LogP contribution in [0.2, 0.25) is 0 Å². The molecular weight excluding hydrogens is 323 g/mol. The van der Waals surface area contributed by atoms with Crippen LogP contribution in [0, 0.1) is 10.1 Å². The van der Waals surface area contributed by atoms with E-state index in [0.29, 0.717) is 17.3 Å². The highest BCUT2D eigenvalue weighted by Crippen LogP contribution is 2.36. The lowest BCUT2D eigenvalue weighted by atomic mass is 10.1. The summed E-state index contributed by atoms with van der Waals surface area (Å²) in [5, 5.41) is 14.7. The lowest BCUT2D eigenvalue weighted by molar-refractivity contribution is -0.384. The van der Waals surface area contributed by atoms with Crippen molar-refractivity contribution in [1.29, 1.82) is 0 Å². The summed E-state index contributed by atoms with van der Waals surface area (Å²) >= 11 is 0. The zero-order valence-corrected chi connectivity index (χ0v) is 12.0. The van der Waals surface area contributed by atoms with Gasteiger partial charge in [0.25, 0.3) is 5.69 Å². The molecule has 8 heteroatoms. The zero-order valence-electron chi connectivity index (χ0n) is 12.0. The molecule has 0 fully saturated rings. The minimum atomic E-state index is -4.65. The summed E-state index contributed by atoms with van der Waals surface area (Å²) in [4.78, 5) is 14.5. The van der Waals surface area contributed by atoms with Crippen molar-refractivity contribution in [3.05, 3.63) is 70.4 Å². The number of nitro groups is 1. The maximum Gasteiger partial charge on any atom is 0.416 e. The summed E-state index contributed by atoms with van der Waals surface area (Å²) in [5.74, 6) is 0. The number of halogens is 3. The number of hydrogen-bond donors (Lipinski definition) is 1. The number of hydrogen-bond acceptors (Lipinski definition) is 4. The second kappa shape index (κ2) is 5.80. The second-order valence-electron chi connectivity index (χ2n) is 4.99. The van der Waals surface area contributed by atoms with Gasteiger partial charge in [-0.05, 0) is 24.3 Å². The molecular formula is C16H10F3N3O2. The van der Waals surface area contributed by atoms with E-state index in [4.69, 9.17) is 0 Å². The Morgan fingerprint density at radius 1 is 1.04 bits per heavy atom. The Bertz CT molecular complexity index is 921. The van der Waals surface area contributed by atoms with Gasteiger partial charge in [0, 0.05) is 17.6 Å². The van der Waals surface area contributed by atoms with Crippen LogP contribution in [-0.2, 0) is 6.18 Å². The average molecular weight is 333 g/mol. The van der Waals surface area contributed by atoms with E-state index in [2.05, 4.69) is 10.3 Å². The van der Waals surface area contributed by atoms with E-state index in [1.165, 1.54) is 0 Å². The highest BCUT2D eigenvalue weighted by atomic mass is 19.4. The van der Waals surface area contributed by atoms with E-state index in [-0.39, 0.29) is 5.69 Å². The molecule has 0 aliphatic heterocycles. The quantitative estimate of drug-likeness (QED) is 0.546. The smallest absolute Gasteiger partial charge is 0.348 e. The minimum Gasteiger partial charge on any atom is -0.348 e. The van der Waals surface area contributed by atoms with Crippen molar-refractivity contribution in [2.24, 2.45) is 0 Å². The van der Waals surface area contributed by atoms with Gasteiger partial charge in [-0.15, -0.1) is 0 Å². The van der Waals surface area contributed by atoms with Crippen molar-refractivity contribution < 1.29 is 18.1 Å². The third-order valence-electron chi connectivity index (χ3n) is 3.42. The Morgan fingerprint density at radius 2 is 1.79 bits per heavy atom. The molecule has 0 aliphatic rings. The summed E-state index contributed by atoms with van der Waals surface area (Å²) in [7, 11) is 0. The number of nitrogens with zero attached hydrogens (tertiary/aromatic N) is 2. The SMILES string of the molecule is O=[N+]([O-])c1cc(C(F)(F)F)ccc1Nc1cccc2cccnc12. The van der Waals surface area contributed by atoms with Crippen molar-refractivity contribution in [3.63, 3.8) is 0 Å². The van der Waals surface area contributed by atoms with Gasteiger partial charge in [0.1, 0.15) is 5.69 Å². The van der Waals surface area contributed by atoms with Gasteiger partial charge in [-0.2, -0.15) is 13.2 Å². The summed E-state index contributed by atoms with van der Waals surface area (Å²) in [5.41, 5.74) is -0.732. The number of rotatable bonds is 3.